The fourth-order valence-corrected chi connectivity index (χ4v) is 3.62. The molecule has 0 spiro atoms. The summed E-state index contributed by atoms with van der Waals surface area (Å²) >= 11 is 0. The largest absolute Gasteiger partial charge is 0.463 e. The molecule has 1 aliphatic rings. The van der Waals surface area contributed by atoms with Crippen LogP contribution in [-0.4, -0.2) is 62.8 Å². The number of anilines is 1. The average Bonchev–Trinajstić information content (AvgIpc) is 3.29. The number of furan rings is 1. The zero-order valence-corrected chi connectivity index (χ0v) is 16.8. The van der Waals surface area contributed by atoms with E-state index in [1.54, 1.807) is 24.5 Å². The zero-order chi connectivity index (χ0) is 21.3. The Morgan fingerprint density at radius 2 is 1.83 bits per heavy atom. The number of benzene rings is 1. The Hall–Kier alpha value is -2.91. The second-order valence-electron chi connectivity index (χ2n) is 7.23. The lowest BCUT2D eigenvalue weighted by Gasteiger charge is -2.37. The van der Waals surface area contributed by atoms with Gasteiger partial charge in [-0.3, -0.25) is 9.59 Å². The summed E-state index contributed by atoms with van der Waals surface area (Å²) in [6.07, 6.45) is 2.00. The van der Waals surface area contributed by atoms with Crippen LogP contribution in [-0.2, 0) is 9.59 Å². The molecule has 1 aliphatic heterocycles. The molecule has 0 unspecified atom stereocenters. The minimum atomic E-state index is -0.710. The van der Waals surface area contributed by atoms with Gasteiger partial charge in [-0.1, -0.05) is 0 Å². The van der Waals surface area contributed by atoms with Crippen molar-refractivity contribution >= 4 is 17.5 Å². The highest BCUT2D eigenvalue weighted by atomic mass is 19.1. The Kier molecular flexibility index (Phi) is 7.81. The van der Waals surface area contributed by atoms with Gasteiger partial charge in [-0.15, -0.1) is 0 Å². The highest BCUT2D eigenvalue weighted by Crippen LogP contribution is 2.16. The van der Waals surface area contributed by atoms with E-state index in [-0.39, 0.29) is 31.6 Å². The van der Waals surface area contributed by atoms with E-state index in [1.807, 2.05) is 6.07 Å². The molecule has 1 aromatic heterocycles. The SMILES string of the molecule is O=C(NCCCO)C(=O)NC[C@H](c1ccco1)[NH+]1CCN(c2ccc(F)cc2)CC1. The van der Waals surface area contributed by atoms with Crippen molar-refractivity contribution in [2.45, 2.75) is 12.5 Å². The van der Waals surface area contributed by atoms with Crippen LogP contribution in [0.25, 0.3) is 0 Å². The summed E-state index contributed by atoms with van der Waals surface area (Å²) in [4.78, 5) is 27.4. The third-order valence-corrected chi connectivity index (χ3v) is 5.27. The van der Waals surface area contributed by atoms with E-state index in [4.69, 9.17) is 9.52 Å². The fourth-order valence-electron chi connectivity index (χ4n) is 3.62. The van der Waals surface area contributed by atoms with Gasteiger partial charge in [-0.05, 0) is 42.8 Å². The van der Waals surface area contributed by atoms with Gasteiger partial charge < -0.3 is 30.0 Å². The number of aliphatic hydroxyl groups excluding tert-OH is 1. The number of hydrogen-bond acceptors (Lipinski definition) is 5. The van der Waals surface area contributed by atoms with E-state index < -0.39 is 11.8 Å². The summed E-state index contributed by atoms with van der Waals surface area (Å²) in [5.74, 6) is -0.912. The first-order valence-electron chi connectivity index (χ1n) is 10.1. The van der Waals surface area contributed by atoms with Gasteiger partial charge in [0.15, 0.2) is 11.8 Å². The van der Waals surface area contributed by atoms with Crippen molar-refractivity contribution in [1.82, 2.24) is 10.6 Å². The Morgan fingerprint density at radius 1 is 1.13 bits per heavy atom. The molecule has 4 N–H and O–H groups in total. The number of halogens is 1. The molecule has 3 rings (SSSR count). The summed E-state index contributed by atoms with van der Waals surface area (Å²) in [6, 6.07) is 10.0. The van der Waals surface area contributed by atoms with Crippen molar-refractivity contribution in [2.24, 2.45) is 0 Å². The molecule has 1 atom stereocenters. The van der Waals surface area contributed by atoms with E-state index in [0.29, 0.717) is 6.42 Å². The minimum absolute atomic E-state index is 0.0459. The van der Waals surface area contributed by atoms with Crippen LogP contribution in [0.5, 0.6) is 0 Å². The number of piperazine rings is 1. The maximum Gasteiger partial charge on any atom is 0.309 e. The number of nitrogens with one attached hydrogen (secondary N) is 3. The van der Waals surface area contributed by atoms with Gasteiger partial charge in [0.1, 0.15) is 5.82 Å². The lowest BCUT2D eigenvalue weighted by Crippen LogP contribution is -3.15. The fraction of sp³-hybridized carbons (Fsp3) is 0.429. The standard InChI is InChI=1S/C21H27FN4O4/c22-16-4-6-17(7-5-16)25-9-11-26(12-10-25)18(19-3-1-14-30-19)15-24-21(29)20(28)23-8-2-13-27/h1,3-7,14,18,27H,2,8-13,15H2,(H,23,28)(H,24,29)/p+1/t18-/m1/s1. The number of quaternary nitrogens is 1. The van der Waals surface area contributed by atoms with Gasteiger partial charge in [0.05, 0.1) is 39.0 Å². The van der Waals surface area contributed by atoms with Gasteiger partial charge in [0.25, 0.3) is 0 Å². The quantitative estimate of drug-likeness (QED) is 0.341. The van der Waals surface area contributed by atoms with E-state index >= 15 is 0 Å². The molecule has 2 aromatic rings. The maximum absolute atomic E-state index is 13.2. The predicted molar refractivity (Wildman–Crippen MR) is 108 cm³/mol. The minimum Gasteiger partial charge on any atom is -0.463 e. The van der Waals surface area contributed by atoms with Gasteiger partial charge in [-0.2, -0.15) is 0 Å². The average molecular weight is 419 g/mol. The lowest BCUT2D eigenvalue weighted by atomic mass is 10.1. The number of nitrogens with zero attached hydrogens (tertiary/aromatic N) is 1. The van der Waals surface area contributed by atoms with Gasteiger partial charge >= 0.3 is 11.8 Å². The summed E-state index contributed by atoms with van der Waals surface area (Å²) < 4.78 is 18.8. The molecule has 9 heteroatoms. The van der Waals surface area contributed by atoms with Crippen LogP contribution < -0.4 is 20.4 Å². The number of amides is 2. The molecule has 30 heavy (non-hydrogen) atoms. The molecule has 1 fully saturated rings. The third kappa shape index (κ3) is 5.80. The Morgan fingerprint density at radius 3 is 2.47 bits per heavy atom. The maximum atomic E-state index is 13.2. The zero-order valence-electron chi connectivity index (χ0n) is 16.8. The first-order chi connectivity index (χ1) is 14.6. The summed E-state index contributed by atoms with van der Waals surface area (Å²) in [6.45, 7) is 3.66. The molecular weight excluding hydrogens is 391 g/mol. The van der Waals surface area contributed by atoms with Crippen molar-refractivity contribution in [1.29, 1.82) is 0 Å². The van der Waals surface area contributed by atoms with Crippen molar-refractivity contribution in [3.8, 4) is 0 Å². The third-order valence-electron chi connectivity index (χ3n) is 5.27. The number of rotatable bonds is 8. The highest BCUT2D eigenvalue weighted by Gasteiger charge is 2.31. The molecule has 0 bridgehead atoms. The van der Waals surface area contributed by atoms with Crippen LogP contribution in [0.4, 0.5) is 10.1 Å². The van der Waals surface area contributed by atoms with Crippen LogP contribution >= 0.6 is 0 Å². The second kappa shape index (κ2) is 10.7. The monoisotopic (exact) mass is 419 g/mol. The predicted octanol–water partition coefficient (Wildman–Crippen LogP) is -0.520. The van der Waals surface area contributed by atoms with Crippen molar-refractivity contribution in [3.63, 3.8) is 0 Å². The first-order valence-corrected chi connectivity index (χ1v) is 10.1. The van der Waals surface area contributed by atoms with Gasteiger partial charge in [0, 0.05) is 18.8 Å². The highest BCUT2D eigenvalue weighted by molar-refractivity contribution is 6.35. The van der Waals surface area contributed by atoms with Crippen LogP contribution in [0.2, 0.25) is 0 Å². The number of hydrogen-bond donors (Lipinski definition) is 4. The first kappa shape index (κ1) is 21.8. The molecule has 0 aliphatic carbocycles. The number of aliphatic hydroxyl groups is 1. The van der Waals surface area contributed by atoms with E-state index in [0.717, 1.165) is 37.6 Å². The molecular formula is C21H28FN4O4+. The molecule has 1 aromatic carbocycles. The van der Waals surface area contributed by atoms with E-state index in [2.05, 4.69) is 15.5 Å². The Labute approximate surface area is 174 Å². The molecule has 1 saturated heterocycles. The molecule has 0 radical (unpaired) electrons. The van der Waals surface area contributed by atoms with E-state index in [1.165, 1.54) is 17.0 Å². The topological polar surface area (TPSA) is 99.2 Å². The summed E-state index contributed by atoms with van der Waals surface area (Å²) in [7, 11) is 0. The summed E-state index contributed by atoms with van der Waals surface area (Å²) in [5, 5.41) is 13.9. The lowest BCUT2D eigenvalue weighted by molar-refractivity contribution is -0.932. The number of carbonyl (C=O) groups is 2. The number of carbonyl (C=O) groups excluding carboxylic acids is 2. The summed E-state index contributed by atoms with van der Waals surface area (Å²) in [5.41, 5.74) is 0.984. The molecule has 2 heterocycles. The smallest absolute Gasteiger partial charge is 0.309 e. The Bertz CT molecular complexity index is 805. The van der Waals surface area contributed by atoms with Crippen LogP contribution in [0, 0.1) is 5.82 Å². The molecule has 0 saturated carbocycles. The Balaban J connectivity index is 1.56. The van der Waals surface area contributed by atoms with Crippen LogP contribution in [0.1, 0.15) is 18.2 Å². The van der Waals surface area contributed by atoms with Crippen LogP contribution in [0.15, 0.2) is 47.1 Å². The molecule has 2 amide bonds. The normalized spacial score (nSPS) is 15.6. The van der Waals surface area contributed by atoms with Crippen molar-refractivity contribution in [2.75, 3.05) is 50.8 Å². The van der Waals surface area contributed by atoms with Crippen LogP contribution in [0.3, 0.4) is 0 Å². The van der Waals surface area contributed by atoms with Crippen molar-refractivity contribution < 1.29 is 28.4 Å². The van der Waals surface area contributed by atoms with Gasteiger partial charge in [0.2, 0.25) is 0 Å². The second-order valence-corrected chi connectivity index (χ2v) is 7.23. The van der Waals surface area contributed by atoms with Crippen molar-refractivity contribution in [3.05, 3.63) is 54.2 Å². The molecule has 8 nitrogen and oxygen atoms in total. The molecule has 162 valence electrons. The van der Waals surface area contributed by atoms with E-state index in [9.17, 15) is 14.0 Å². The van der Waals surface area contributed by atoms with Gasteiger partial charge in [-0.25, -0.2) is 4.39 Å².